The predicted octanol–water partition coefficient (Wildman–Crippen LogP) is 3.91. The van der Waals surface area contributed by atoms with E-state index in [1.807, 2.05) is 19.9 Å². The zero-order chi connectivity index (χ0) is 20.1. The van der Waals surface area contributed by atoms with Crippen LogP contribution < -0.4 is 16.4 Å². The summed E-state index contributed by atoms with van der Waals surface area (Å²) in [7, 11) is 0. The number of hydrogen-bond donors (Lipinski definition) is 4. The Morgan fingerprint density at radius 1 is 1.29 bits per heavy atom. The fraction of sp³-hybridized carbons (Fsp3) is 0.238. The van der Waals surface area contributed by atoms with Crippen molar-refractivity contribution in [2.45, 2.75) is 32.7 Å². The summed E-state index contributed by atoms with van der Waals surface area (Å²) in [5, 5.41) is 6.30. The van der Waals surface area contributed by atoms with Gasteiger partial charge in [0.15, 0.2) is 0 Å². The van der Waals surface area contributed by atoms with Gasteiger partial charge in [0.25, 0.3) is 5.91 Å². The molecule has 0 radical (unpaired) electrons. The number of rotatable bonds is 3. The molecule has 6 nitrogen and oxygen atoms in total. The van der Waals surface area contributed by atoms with Crippen LogP contribution >= 0.6 is 0 Å². The molecule has 0 bridgehead atoms. The Kier molecular flexibility index (Phi) is 4.10. The lowest BCUT2D eigenvalue weighted by atomic mass is 9.91. The maximum absolute atomic E-state index is 14.0. The van der Waals surface area contributed by atoms with Crippen LogP contribution in [0.15, 0.2) is 36.5 Å². The molecular weight excluding hydrogens is 357 g/mol. The third-order valence-corrected chi connectivity index (χ3v) is 4.97. The van der Waals surface area contributed by atoms with Crippen molar-refractivity contribution in [3.8, 4) is 11.3 Å². The van der Waals surface area contributed by atoms with Crippen LogP contribution in [0.1, 0.15) is 35.5 Å². The van der Waals surface area contributed by atoms with E-state index in [1.54, 1.807) is 31.3 Å². The predicted molar refractivity (Wildman–Crippen MR) is 108 cm³/mol. The summed E-state index contributed by atoms with van der Waals surface area (Å²) in [4.78, 5) is 20.3. The third kappa shape index (κ3) is 3.09. The molecule has 0 fully saturated rings. The van der Waals surface area contributed by atoms with Crippen molar-refractivity contribution in [1.29, 1.82) is 0 Å². The van der Waals surface area contributed by atoms with Gasteiger partial charge in [-0.15, -0.1) is 0 Å². The normalized spacial score (nSPS) is 15.1. The largest absolute Gasteiger partial charge is 0.384 e. The van der Waals surface area contributed by atoms with Gasteiger partial charge < -0.3 is 21.4 Å². The van der Waals surface area contributed by atoms with Gasteiger partial charge in [0.2, 0.25) is 0 Å². The Hall–Kier alpha value is -3.35. The molecule has 7 heteroatoms. The van der Waals surface area contributed by atoms with Crippen LogP contribution in [0, 0.1) is 12.7 Å². The van der Waals surface area contributed by atoms with Crippen LogP contribution in [0.2, 0.25) is 0 Å². The number of H-pyrrole nitrogens is 1. The van der Waals surface area contributed by atoms with Crippen molar-refractivity contribution in [3.63, 3.8) is 0 Å². The minimum Gasteiger partial charge on any atom is -0.384 e. The molecule has 0 spiro atoms. The van der Waals surface area contributed by atoms with Crippen molar-refractivity contribution in [1.82, 2.24) is 15.3 Å². The molecule has 1 amide bonds. The summed E-state index contributed by atoms with van der Waals surface area (Å²) in [5.74, 6) is -0.107. The molecule has 0 unspecified atom stereocenters. The number of hydrogen-bond acceptors (Lipinski definition) is 4. The van der Waals surface area contributed by atoms with E-state index in [0.29, 0.717) is 34.7 Å². The number of nitrogens with two attached hydrogens (primary N) is 1. The molecule has 0 aliphatic carbocycles. The number of nitrogens with one attached hydrogen (secondary N) is 3. The number of pyridine rings is 1. The molecule has 28 heavy (non-hydrogen) atoms. The fourth-order valence-corrected chi connectivity index (χ4v) is 3.61. The number of benzene rings is 1. The second-order valence-corrected chi connectivity index (χ2v) is 7.75. The van der Waals surface area contributed by atoms with E-state index in [4.69, 9.17) is 5.73 Å². The topological polar surface area (TPSA) is 95.8 Å². The Morgan fingerprint density at radius 2 is 2.07 bits per heavy atom. The van der Waals surface area contributed by atoms with E-state index in [1.165, 1.54) is 6.07 Å². The van der Waals surface area contributed by atoms with Gasteiger partial charge in [0, 0.05) is 40.7 Å². The highest BCUT2D eigenvalue weighted by atomic mass is 19.1. The Morgan fingerprint density at radius 3 is 2.82 bits per heavy atom. The van der Waals surface area contributed by atoms with Crippen LogP contribution in [-0.4, -0.2) is 21.4 Å². The Labute approximate surface area is 162 Å². The number of nitrogens with zero attached hydrogens (tertiary/aromatic N) is 1. The summed E-state index contributed by atoms with van der Waals surface area (Å²) in [5.41, 5.74) is 10.1. The van der Waals surface area contributed by atoms with Crippen LogP contribution in [0.5, 0.6) is 0 Å². The van der Waals surface area contributed by atoms with Crippen LogP contribution in [0.3, 0.4) is 0 Å². The van der Waals surface area contributed by atoms with Gasteiger partial charge in [-0.2, -0.15) is 0 Å². The van der Waals surface area contributed by atoms with Crippen LogP contribution in [-0.2, 0) is 6.42 Å². The van der Waals surface area contributed by atoms with E-state index < -0.39 is 0 Å². The first-order valence-electron chi connectivity index (χ1n) is 9.06. The van der Waals surface area contributed by atoms with E-state index in [9.17, 15) is 9.18 Å². The van der Waals surface area contributed by atoms with Crippen LogP contribution in [0.25, 0.3) is 11.3 Å². The zero-order valence-electron chi connectivity index (χ0n) is 16.0. The summed E-state index contributed by atoms with van der Waals surface area (Å²) in [6, 6.07) is 8.39. The molecule has 1 aromatic carbocycles. The van der Waals surface area contributed by atoms with Crippen molar-refractivity contribution >= 4 is 23.1 Å². The lowest BCUT2D eigenvalue weighted by Crippen LogP contribution is -2.49. The number of fused-ring (bicyclic) bond motifs is 1. The molecule has 2 aromatic heterocycles. The number of nitrogen functional groups attached to an aromatic ring is 1. The maximum Gasteiger partial charge on any atom is 0.255 e. The van der Waals surface area contributed by atoms with Crippen molar-refractivity contribution < 1.29 is 9.18 Å². The molecule has 144 valence electrons. The minimum absolute atomic E-state index is 0.174. The first-order valence-corrected chi connectivity index (χ1v) is 9.06. The van der Waals surface area contributed by atoms with Crippen molar-refractivity contribution in [2.75, 3.05) is 11.1 Å². The molecule has 0 saturated carbocycles. The first kappa shape index (κ1) is 18.0. The van der Waals surface area contributed by atoms with E-state index >= 15 is 0 Å². The van der Waals surface area contributed by atoms with E-state index in [2.05, 4.69) is 20.6 Å². The highest BCUT2D eigenvalue weighted by Gasteiger charge is 2.35. The summed E-state index contributed by atoms with van der Waals surface area (Å²) >= 11 is 0. The molecule has 5 N–H and O–H groups in total. The molecule has 3 aromatic rings. The second kappa shape index (κ2) is 6.37. The number of amides is 1. The van der Waals surface area contributed by atoms with Crippen molar-refractivity contribution in [3.05, 3.63) is 59.2 Å². The molecule has 3 heterocycles. The zero-order valence-corrected chi connectivity index (χ0v) is 16.0. The van der Waals surface area contributed by atoms with Gasteiger partial charge in [-0.05, 0) is 45.0 Å². The Balaban J connectivity index is 1.91. The summed E-state index contributed by atoms with van der Waals surface area (Å²) < 4.78 is 14.0. The molecule has 1 aliphatic heterocycles. The van der Waals surface area contributed by atoms with Crippen molar-refractivity contribution in [2.24, 2.45) is 0 Å². The van der Waals surface area contributed by atoms with Gasteiger partial charge in [0.1, 0.15) is 11.6 Å². The number of aromatic nitrogens is 2. The van der Waals surface area contributed by atoms with Gasteiger partial charge in [0.05, 0.1) is 16.9 Å². The van der Waals surface area contributed by atoms with Gasteiger partial charge in [-0.1, -0.05) is 6.07 Å². The molecule has 0 atom stereocenters. The maximum atomic E-state index is 14.0. The standard InChI is InChI=1S/C21H22FN5O/c1-11-13(22)5-4-6-14(11)25-19-17-15(10-21(2,3)27-20(17)28)26-18(19)12-7-8-24-16(23)9-12/h4-9,25-26H,10H2,1-3H3,(H2,23,24)(H,27,28). The van der Waals surface area contributed by atoms with Gasteiger partial charge in [-0.25, -0.2) is 9.37 Å². The number of carbonyl (C=O) groups is 1. The smallest absolute Gasteiger partial charge is 0.255 e. The summed E-state index contributed by atoms with van der Waals surface area (Å²) in [6.07, 6.45) is 2.26. The summed E-state index contributed by atoms with van der Waals surface area (Å²) in [6.45, 7) is 5.65. The third-order valence-electron chi connectivity index (χ3n) is 4.97. The monoisotopic (exact) mass is 379 g/mol. The average molecular weight is 379 g/mol. The minimum atomic E-state index is -0.366. The SMILES string of the molecule is Cc1c(F)cccc1Nc1c(-c2ccnc(N)c2)[nH]c2c1C(=O)NC(C)(C)C2. The Bertz CT molecular complexity index is 1090. The molecular formula is C21H22FN5O. The fourth-order valence-electron chi connectivity index (χ4n) is 3.61. The van der Waals surface area contributed by atoms with Gasteiger partial charge in [-0.3, -0.25) is 4.79 Å². The number of halogens is 1. The van der Waals surface area contributed by atoms with E-state index in [0.717, 1.165) is 17.0 Å². The second-order valence-electron chi connectivity index (χ2n) is 7.75. The molecule has 4 rings (SSSR count). The number of anilines is 3. The van der Waals surface area contributed by atoms with Crippen LogP contribution in [0.4, 0.5) is 21.6 Å². The highest BCUT2D eigenvalue weighted by Crippen LogP contribution is 2.39. The number of aromatic amines is 1. The van der Waals surface area contributed by atoms with Gasteiger partial charge >= 0.3 is 0 Å². The lowest BCUT2D eigenvalue weighted by Gasteiger charge is -2.30. The lowest BCUT2D eigenvalue weighted by molar-refractivity contribution is 0.0897. The number of carbonyl (C=O) groups excluding carboxylic acids is 1. The first-order chi connectivity index (χ1) is 13.2. The molecule has 0 saturated heterocycles. The highest BCUT2D eigenvalue weighted by molar-refractivity contribution is 6.06. The average Bonchev–Trinajstić information content (AvgIpc) is 2.96. The molecule has 1 aliphatic rings. The van der Waals surface area contributed by atoms with E-state index in [-0.39, 0.29) is 17.3 Å². The quantitative estimate of drug-likeness (QED) is 0.555.